The first-order valence-electron chi connectivity index (χ1n) is 8.42. The maximum Gasteiger partial charge on any atom is 0.262 e. The van der Waals surface area contributed by atoms with E-state index in [0.717, 1.165) is 4.90 Å². The summed E-state index contributed by atoms with van der Waals surface area (Å²) >= 11 is 1.37. The van der Waals surface area contributed by atoms with Crippen molar-refractivity contribution in [3.05, 3.63) is 36.4 Å². The molecule has 9 heteroatoms. The highest BCUT2D eigenvalue weighted by Crippen LogP contribution is 2.35. The zero-order valence-electron chi connectivity index (χ0n) is 14.9. The Morgan fingerprint density at radius 3 is 2.63 bits per heavy atom. The molecule has 0 spiro atoms. The quantitative estimate of drug-likeness (QED) is 0.730. The third kappa shape index (κ3) is 4.48. The first-order chi connectivity index (χ1) is 12.9. The Bertz CT molecular complexity index is 960. The van der Waals surface area contributed by atoms with E-state index in [1.54, 1.807) is 24.3 Å². The van der Waals surface area contributed by atoms with Crippen molar-refractivity contribution in [3.63, 3.8) is 0 Å². The number of hydrogen-bond donors (Lipinski definition) is 2. The Kier molecular flexibility index (Phi) is 5.81. The molecule has 0 saturated carbocycles. The number of carbonyl (C=O) groups is 1. The first kappa shape index (κ1) is 19.4. The van der Waals surface area contributed by atoms with E-state index in [2.05, 4.69) is 10.0 Å². The standard InChI is InChI=1S/C18H20N2O5S2/c1-3-24-12-5-7-16(25-4-2)14(9-12)20-27(22,23)13-6-8-17-15(10-13)19-18(21)11-26-17/h5-10,20H,3-4,11H2,1-2H3,(H,19,21). The Hall–Kier alpha value is -2.39. The number of amides is 1. The van der Waals surface area contributed by atoms with Crippen LogP contribution in [0.5, 0.6) is 11.5 Å². The monoisotopic (exact) mass is 408 g/mol. The summed E-state index contributed by atoms with van der Waals surface area (Å²) in [4.78, 5) is 12.5. The van der Waals surface area contributed by atoms with Crippen LogP contribution in [0.15, 0.2) is 46.2 Å². The lowest BCUT2D eigenvalue weighted by Crippen LogP contribution is -2.20. The summed E-state index contributed by atoms with van der Waals surface area (Å²) in [5.41, 5.74) is 0.783. The van der Waals surface area contributed by atoms with E-state index in [1.807, 2.05) is 13.8 Å². The predicted octanol–water partition coefficient (Wildman–Crippen LogP) is 3.33. The minimum absolute atomic E-state index is 0.0494. The molecule has 0 aliphatic carbocycles. The van der Waals surface area contributed by atoms with Crippen molar-refractivity contribution in [2.45, 2.75) is 23.6 Å². The number of ether oxygens (including phenoxy) is 2. The highest BCUT2D eigenvalue weighted by Gasteiger charge is 2.22. The van der Waals surface area contributed by atoms with Crippen LogP contribution in [0.1, 0.15) is 13.8 Å². The highest BCUT2D eigenvalue weighted by molar-refractivity contribution is 8.00. The summed E-state index contributed by atoms with van der Waals surface area (Å²) < 4.78 is 39.2. The van der Waals surface area contributed by atoms with Crippen molar-refractivity contribution in [3.8, 4) is 11.5 Å². The van der Waals surface area contributed by atoms with Gasteiger partial charge < -0.3 is 14.8 Å². The molecule has 2 aromatic carbocycles. The molecule has 0 aromatic heterocycles. The van der Waals surface area contributed by atoms with Crippen LogP contribution in [0.2, 0.25) is 0 Å². The molecule has 3 rings (SSSR count). The average molecular weight is 409 g/mol. The van der Waals surface area contributed by atoms with Crippen molar-refractivity contribution in [2.75, 3.05) is 29.0 Å². The molecule has 1 aliphatic heterocycles. The van der Waals surface area contributed by atoms with Crippen LogP contribution in [-0.2, 0) is 14.8 Å². The minimum atomic E-state index is -3.88. The molecule has 27 heavy (non-hydrogen) atoms. The van der Waals surface area contributed by atoms with Gasteiger partial charge in [0.25, 0.3) is 10.0 Å². The van der Waals surface area contributed by atoms with E-state index in [-0.39, 0.29) is 10.8 Å². The van der Waals surface area contributed by atoms with Crippen LogP contribution in [0.3, 0.4) is 0 Å². The fourth-order valence-corrected chi connectivity index (χ4v) is 4.44. The van der Waals surface area contributed by atoms with Gasteiger partial charge in [0.2, 0.25) is 5.91 Å². The second-order valence-corrected chi connectivity index (χ2v) is 8.32. The van der Waals surface area contributed by atoms with Gasteiger partial charge in [-0.25, -0.2) is 8.42 Å². The number of nitrogens with one attached hydrogen (secondary N) is 2. The molecule has 2 N–H and O–H groups in total. The molecule has 144 valence electrons. The van der Waals surface area contributed by atoms with Crippen molar-refractivity contribution in [2.24, 2.45) is 0 Å². The van der Waals surface area contributed by atoms with E-state index >= 15 is 0 Å². The zero-order chi connectivity index (χ0) is 19.4. The lowest BCUT2D eigenvalue weighted by molar-refractivity contribution is -0.113. The number of rotatable bonds is 7. The van der Waals surface area contributed by atoms with Gasteiger partial charge >= 0.3 is 0 Å². The zero-order valence-corrected chi connectivity index (χ0v) is 16.6. The summed E-state index contributed by atoms with van der Waals surface area (Å²) in [5, 5.41) is 2.70. The van der Waals surface area contributed by atoms with Crippen LogP contribution in [0.25, 0.3) is 0 Å². The van der Waals surface area contributed by atoms with E-state index < -0.39 is 10.0 Å². The summed E-state index contributed by atoms with van der Waals surface area (Å²) in [6, 6.07) is 9.62. The maximum atomic E-state index is 12.9. The molecular weight excluding hydrogens is 388 g/mol. The fourth-order valence-electron chi connectivity index (χ4n) is 2.56. The van der Waals surface area contributed by atoms with E-state index in [9.17, 15) is 13.2 Å². The molecule has 0 fully saturated rings. The number of hydrogen-bond acceptors (Lipinski definition) is 6. The third-order valence-corrected chi connectivity index (χ3v) is 6.14. The molecule has 1 heterocycles. The number of benzene rings is 2. The number of anilines is 2. The molecule has 7 nitrogen and oxygen atoms in total. The predicted molar refractivity (Wildman–Crippen MR) is 105 cm³/mol. The maximum absolute atomic E-state index is 12.9. The smallest absolute Gasteiger partial charge is 0.262 e. The summed E-state index contributed by atoms with van der Waals surface area (Å²) in [7, 11) is -3.88. The van der Waals surface area contributed by atoms with Crippen LogP contribution < -0.4 is 19.5 Å². The molecule has 1 amide bonds. The third-order valence-electron chi connectivity index (χ3n) is 3.70. The first-order valence-corrected chi connectivity index (χ1v) is 10.9. The van der Waals surface area contributed by atoms with Crippen molar-refractivity contribution >= 4 is 39.1 Å². The van der Waals surface area contributed by atoms with Gasteiger partial charge in [0.1, 0.15) is 11.5 Å². The molecular formula is C18H20N2O5S2. The molecule has 2 aromatic rings. The largest absolute Gasteiger partial charge is 0.494 e. The van der Waals surface area contributed by atoms with Gasteiger partial charge in [-0.2, -0.15) is 0 Å². The van der Waals surface area contributed by atoms with E-state index in [1.165, 1.54) is 23.9 Å². The highest BCUT2D eigenvalue weighted by atomic mass is 32.2. The second-order valence-electron chi connectivity index (χ2n) is 5.62. The van der Waals surface area contributed by atoms with E-state index in [4.69, 9.17) is 9.47 Å². The number of fused-ring (bicyclic) bond motifs is 1. The Balaban J connectivity index is 1.93. The van der Waals surface area contributed by atoms with Crippen LogP contribution >= 0.6 is 11.8 Å². The molecule has 0 saturated heterocycles. The number of thioether (sulfide) groups is 1. The van der Waals surface area contributed by atoms with Gasteiger partial charge in [0, 0.05) is 11.0 Å². The molecule has 0 atom stereocenters. The van der Waals surface area contributed by atoms with Crippen LogP contribution in [-0.4, -0.2) is 33.3 Å². The van der Waals surface area contributed by atoms with Crippen molar-refractivity contribution in [1.82, 2.24) is 0 Å². The van der Waals surface area contributed by atoms with E-state index in [0.29, 0.717) is 41.8 Å². The van der Waals surface area contributed by atoms with Gasteiger partial charge in [-0.15, -0.1) is 11.8 Å². The lowest BCUT2D eigenvalue weighted by atomic mass is 10.3. The number of sulfonamides is 1. The molecule has 1 aliphatic rings. The summed E-state index contributed by atoms with van der Waals surface area (Å²) in [6.07, 6.45) is 0. The molecule has 0 bridgehead atoms. The molecule has 0 radical (unpaired) electrons. The molecule has 0 unspecified atom stereocenters. The summed E-state index contributed by atoms with van der Waals surface area (Å²) in [6.45, 7) is 4.52. The summed E-state index contributed by atoms with van der Waals surface area (Å²) in [5.74, 6) is 1.11. The minimum Gasteiger partial charge on any atom is -0.494 e. The Morgan fingerprint density at radius 2 is 1.89 bits per heavy atom. The Labute approximate surface area is 162 Å². The van der Waals surface area contributed by atoms with Crippen LogP contribution in [0, 0.1) is 0 Å². The van der Waals surface area contributed by atoms with Crippen molar-refractivity contribution < 1.29 is 22.7 Å². The Morgan fingerprint density at radius 1 is 1.11 bits per heavy atom. The lowest BCUT2D eigenvalue weighted by Gasteiger charge is -2.18. The van der Waals surface area contributed by atoms with Crippen LogP contribution in [0.4, 0.5) is 11.4 Å². The van der Waals surface area contributed by atoms with Crippen molar-refractivity contribution in [1.29, 1.82) is 0 Å². The number of carbonyl (C=O) groups excluding carboxylic acids is 1. The van der Waals surface area contributed by atoms with Gasteiger partial charge in [-0.05, 0) is 44.2 Å². The normalized spacial score (nSPS) is 13.5. The SMILES string of the molecule is CCOc1ccc(OCC)c(NS(=O)(=O)c2ccc3c(c2)NC(=O)CS3)c1. The fraction of sp³-hybridized carbons (Fsp3) is 0.278. The van der Waals surface area contributed by atoms with Gasteiger partial charge in [-0.1, -0.05) is 0 Å². The topological polar surface area (TPSA) is 93.7 Å². The second kappa shape index (κ2) is 8.10. The average Bonchev–Trinajstić information content (AvgIpc) is 2.63. The van der Waals surface area contributed by atoms with Gasteiger partial charge in [0.15, 0.2) is 0 Å². The van der Waals surface area contributed by atoms with Gasteiger partial charge in [0.05, 0.1) is 35.2 Å². The van der Waals surface area contributed by atoms with Gasteiger partial charge in [-0.3, -0.25) is 9.52 Å².